The van der Waals surface area contributed by atoms with Crippen LogP contribution in [0.5, 0.6) is 5.75 Å². The van der Waals surface area contributed by atoms with E-state index in [0.717, 1.165) is 43.7 Å². The van der Waals surface area contributed by atoms with Crippen LogP contribution in [0.1, 0.15) is 38.2 Å². The normalized spacial score (nSPS) is 18.1. The first kappa shape index (κ1) is 23.0. The summed E-state index contributed by atoms with van der Waals surface area (Å²) in [6.45, 7) is 6.57. The van der Waals surface area contributed by atoms with Gasteiger partial charge in [0.25, 0.3) is 0 Å². The fraction of sp³-hybridized carbons (Fsp3) is 0.650. The van der Waals surface area contributed by atoms with Gasteiger partial charge in [-0.15, -0.1) is 24.0 Å². The second-order valence-electron chi connectivity index (χ2n) is 6.72. The standard InChI is InChI=1S/C20H34N4O.HI/c1-17-9-6-7-15-24(17)16-8-13-22-20(21-2)23-14-12-18-10-4-5-11-19(18)25-3;/h4-5,10-11,17H,6-9,12-16H2,1-3H3,(H2,21,22,23);1H. The smallest absolute Gasteiger partial charge is 0.190 e. The molecule has 1 atom stereocenters. The molecule has 1 saturated heterocycles. The van der Waals surface area contributed by atoms with Crippen molar-refractivity contribution in [2.24, 2.45) is 4.99 Å². The van der Waals surface area contributed by atoms with Crippen molar-refractivity contribution in [3.63, 3.8) is 0 Å². The average molecular weight is 474 g/mol. The van der Waals surface area contributed by atoms with Crippen LogP contribution < -0.4 is 15.4 Å². The van der Waals surface area contributed by atoms with Crippen LogP contribution in [0.2, 0.25) is 0 Å². The highest BCUT2D eigenvalue weighted by atomic mass is 127. The van der Waals surface area contributed by atoms with Gasteiger partial charge in [-0.3, -0.25) is 4.99 Å². The molecule has 1 aliphatic heterocycles. The summed E-state index contributed by atoms with van der Waals surface area (Å²) >= 11 is 0. The van der Waals surface area contributed by atoms with Gasteiger partial charge in [0.05, 0.1) is 7.11 Å². The lowest BCUT2D eigenvalue weighted by molar-refractivity contribution is 0.159. The number of likely N-dealkylation sites (tertiary alicyclic amines) is 1. The second kappa shape index (κ2) is 13.2. The molecule has 5 nitrogen and oxygen atoms in total. The Kier molecular flexibility index (Phi) is 11.7. The molecule has 1 aliphatic rings. The minimum absolute atomic E-state index is 0. The number of aliphatic imine (C=N–C) groups is 1. The van der Waals surface area contributed by atoms with Crippen molar-refractivity contribution >= 4 is 29.9 Å². The van der Waals surface area contributed by atoms with E-state index in [0.29, 0.717) is 0 Å². The third-order valence-electron chi connectivity index (χ3n) is 4.96. The maximum atomic E-state index is 5.40. The molecule has 1 aromatic rings. The molecule has 26 heavy (non-hydrogen) atoms. The SMILES string of the molecule is CN=C(NCCCN1CCCCC1C)NCCc1ccccc1OC.I. The van der Waals surface area contributed by atoms with Gasteiger partial charge in [-0.1, -0.05) is 24.6 Å². The number of methoxy groups -OCH3 is 1. The number of nitrogens with zero attached hydrogens (tertiary/aromatic N) is 2. The van der Waals surface area contributed by atoms with Gasteiger partial charge in [0, 0.05) is 32.7 Å². The summed E-state index contributed by atoms with van der Waals surface area (Å²) in [5.41, 5.74) is 1.21. The Morgan fingerprint density at radius 3 is 2.73 bits per heavy atom. The second-order valence-corrected chi connectivity index (χ2v) is 6.72. The third kappa shape index (κ3) is 7.70. The molecule has 0 spiro atoms. The van der Waals surface area contributed by atoms with E-state index in [9.17, 15) is 0 Å². The predicted molar refractivity (Wildman–Crippen MR) is 121 cm³/mol. The summed E-state index contributed by atoms with van der Waals surface area (Å²) < 4.78 is 5.40. The summed E-state index contributed by atoms with van der Waals surface area (Å²) in [4.78, 5) is 6.92. The van der Waals surface area contributed by atoms with Gasteiger partial charge in [0.1, 0.15) is 5.75 Å². The molecule has 0 aliphatic carbocycles. The van der Waals surface area contributed by atoms with Crippen molar-refractivity contribution in [2.45, 2.75) is 45.1 Å². The number of guanidine groups is 1. The fourth-order valence-electron chi connectivity index (χ4n) is 3.42. The monoisotopic (exact) mass is 474 g/mol. The van der Waals surface area contributed by atoms with Crippen LogP contribution >= 0.6 is 24.0 Å². The Morgan fingerprint density at radius 2 is 2.00 bits per heavy atom. The Balaban J connectivity index is 0.00000338. The van der Waals surface area contributed by atoms with E-state index in [1.807, 2.05) is 25.2 Å². The van der Waals surface area contributed by atoms with E-state index in [2.05, 4.69) is 33.5 Å². The largest absolute Gasteiger partial charge is 0.496 e. The maximum absolute atomic E-state index is 5.40. The Bertz CT molecular complexity index is 538. The molecule has 0 amide bonds. The van der Waals surface area contributed by atoms with Gasteiger partial charge in [0.2, 0.25) is 0 Å². The van der Waals surface area contributed by atoms with Crippen molar-refractivity contribution in [3.8, 4) is 5.75 Å². The van der Waals surface area contributed by atoms with Crippen LogP contribution in [-0.2, 0) is 6.42 Å². The van der Waals surface area contributed by atoms with Crippen LogP contribution in [0.3, 0.4) is 0 Å². The van der Waals surface area contributed by atoms with E-state index in [4.69, 9.17) is 4.74 Å². The number of ether oxygens (including phenoxy) is 1. The number of hydrogen-bond acceptors (Lipinski definition) is 3. The molecule has 0 aromatic heterocycles. The van der Waals surface area contributed by atoms with Crippen molar-refractivity contribution in [2.75, 3.05) is 40.3 Å². The van der Waals surface area contributed by atoms with Gasteiger partial charge < -0.3 is 20.3 Å². The minimum atomic E-state index is 0. The van der Waals surface area contributed by atoms with Crippen LogP contribution in [0, 0.1) is 0 Å². The molecule has 1 fully saturated rings. The summed E-state index contributed by atoms with van der Waals surface area (Å²) in [5.74, 6) is 1.82. The minimum Gasteiger partial charge on any atom is -0.496 e. The predicted octanol–water partition coefficient (Wildman–Crippen LogP) is 3.29. The van der Waals surface area contributed by atoms with Gasteiger partial charge in [0.15, 0.2) is 5.96 Å². The molecule has 2 rings (SSSR count). The lowest BCUT2D eigenvalue weighted by Crippen LogP contribution is -2.41. The van der Waals surface area contributed by atoms with Crippen LogP contribution in [0.15, 0.2) is 29.3 Å². The van der Waals surface area contributed by atoms with E-state index in [1.165, 1.54) is 37.9 Å². The fourth-order valence-corrected chi connectivity index (χ4v) is 3.42. The lowest BCUT2D eigenvalue weighted by Gasteiger charge is -2.33. The quantitative estimate of drug-likeness (QED) is 0.263. The van der Waals surface area contributed by atoms with Crippen molar-refractivity contribution in [3.05, 3.63) is 29.8 Å². The number of rotatable bonds is 8. The highest BCUT2D eigenvalue weighted by Crippen LogP contribution is 2.17. The number of nitrogens with one attached hydrogen (secondary N) is 2. The molecule has 0 radical (unpaired) electrons. The van der Waals surface area contributed by atoms with Gasteiger partial charge in [-0.25, -0.2) is 0 Å². The first-order valence-electron chi connectivity index (χ1n) is 9.55. The van der Waals surface area contributed by atoms with E-state index < -0.39 is 0 Å². The highest BCUT2D eigenvalue weighted by Gasteiger charge is 2.17. The van der Waals surface area contributed by atoms with E-state index in [1.54, 1.807) is 7.11 Å². The molecule has 148 valence electrons. The van der Waals surface area contributed by atoms with Gasteiger partial charge in [-0.2, -0.15) is 0 Å². The zero-order chi connectivity index (χ0) is 17.9. The number of benzene rings is 1. The third-order valence-corrected chi connectivity index (χ3v) is 4.96. The molecule has 0 saturated carbocycles. The maximum Gasteiger partial charge on any atom is 0.190 e. The van der Waals surface area contributed by atoms with Gasteiger partial charge >= 0.3 is 0 Å². The molecular formula is C20H35IN4O. The van der Waals surface area contributed by atoms with Gasteiger partial charge in [-0.05, 0) is 50.8 Å². The van der Waals surface area contributed by atoms with Crippen LogP contribution in [0.25, 0.3) is 0 Å². The molecule has 1 heterocycles. The van der Waals surface area contributed by atoms with Crippen LogP contribution in [0.4, 0.5) is 0 Å². The van der Waals surface area contributed by atoms with Crippen molar-refractivity contribution < 1.29 is 4.74 Å². The van der Waals surface area contributed by atoms with Crippen molar-refractivity contribution in [1.29, 1.82) is 0 Å². The molecule has 2 N–H and O–H groups in total. The Hall–Kier alpha value is -1.02. The average Bonchev–Trinajstić information content (AvgIpc) is 2.65. The first-order valence-corrected chi connectivity index (χ1v) is 9.55. The molecule has 1 unspecified atom stereocenters. The van der Waals surface area contributed by atoms with E-state index in [-0.39, 0.29) is 24.0 Å². The van der Waals surface area contributed by atoms with Crippen LogP contribution in [-0.4, -0.2) is 57.2 Å². The number of para-hydroxylation sites is 1. The molecule has 1 aromatic carbocycles. The Morgan fingerprint density at radius 1 is 1.23 bits per heavy atom. The van der Waals surface area contributed by atoms with Crippen molar-refractivity contribution in [1.82, 2.24) is 15.5 Å². The summed E-state index contributed by atoms with van der Waals surface area (Å²) in [5, 5.41) is 6.81. The number of hydrogen-bond donors (Lipinski definition) is 2. The number of piperidine rings is 1. The Labute approximate surface area is 176 Å². The summed E-state index contributed by atoms with van der Waals surface area (Å²) in [6.07, 6.45) is 6.15. The van der Waals surface area contributed by atoms with E-state index >= 15 is 0 Å². The highest BCUT2D eigenvalue weighted by molar-refractivity contribution is 14.0. The lowest BCUT2D eigenvalue weighted by atomic mass is 10.0. The molecular weight excluding hydrogens is 439 g/mol. The zero-order valence-corrected chi connectivity index (χ0v) is 18.8. The first-order chi connectivity index (χ1) is 12.2. The summed E-state index contributed by atoms with van der Waals surface area (Å²) in [6, 6.07) is 8.90. The molecule has 6 heteroatoms. The number of halogens is 1. The molecule has 0 bridgehead atoms. The zero-order valence-electron chi connectivity index (χ0n) is 16.5. The summed E-state index contributed by atoms with van der Waals surface area (Å²) in [7, 11) is 3.54. The topological polar surface area (TPSA) is 48.9 Å².